The van der Waals surface area contributed by atoms with Gasteiger partial charge in [0, 0.05) is 33.3 Å². The fourth-order valence-corrected chi connectivity index (χ4v) is 4.43. The van der Waals surface area contributed by atoms with E-state index in [2.05, 4.69) is 5.32 Å². The van der Waals surface area contributed by atoms with E-state index in [1.165, 1.54) is 12.1 Å². The van der Waals surface area contributed by atoms with Gasteiger partial charge in [-0.25, -0.2) is 0 Å². The van der Waals surface area contributed by atoms with Gasteiger partial charge in [-0.15, -0.1) is 0 Å². The average Bonchev–Trinajstić information content (AvgIpc) is 2.94. The van der Waals surface area contributed by atoms with Gasteiger partial charge in [0.2, 0.25) is 12.4 Å². The third-order valence-corrected chi connectivity index (χ3v) is 6.40. The van der Waals surface area contributed by atoms with Crippen molar-refractivity contribution >= 4 is 29.8 Å². The molecule has 5 unspecified atom stereocenters. The number of carbonyl (C=O) groups excluding carboxylic acids is 5. The molecule has 0 radical (unpaired) electrons. The van der Waals surface area contributed by atoms with Gasteiger partial charge in [0.25, 0.3) is 5.91 Å². The first-order valence-corrected chi connectivity index (χ1v) is 13.6. The number of rotatable bonds is 10. The molecule has 1 saturated heterocycles. The number of hydrogen-bond donors (Lipinski definition) is 1. The Morgan fingerprint density at radius 2 is 1.31 bits per heavy atom. The van der Waals surface area contributed by atoms with Crippen molar-refractivity contribution in [3.63, 3.8) is 0 Å². The summed E-state index contributed by atoms with van der Waals surface area (Å²) >= 11 is 0. The van der Waals surface area contributed by atoms with E-state index in [-0.39, 0.29) is 11.3 Å². The number of carbonyl (C=O) groups is 5. The monoisotopic (exact) mass is 639 g/mol. The maximum Gasteiger partial charge on any atom is 0.416 e. The zero-order valence-electron chi connectivity index (χ0n) is 24.9. The molecule has 244 valence electrons. The van der Waals surface area contributed by atoms with Gasteiger partial charge in [-0.05, 0) is 48.9 Å². The molecule has 1 amide bonds. The summed E-state index contributed by atoms with van der Waals surface area (Å²) in [6.07, 6.45) is -11.3. The van der Waals surface area contributed by atoms with Crippen LogP contribution >= 0.6 is 0 Å². The topological polar surface area (TPSA) is 153 Å². The Bertz CT molecular complexity index is 1380. The predicted octanol–water partition coefficient (Wildman–Crippen LogP) is 3.66. The minimum Gasteiger partial charge on any atom is -0.463 e. The molecule has 1 aliphatic heterocycles. The van der Waals surface area contributed by atoms with E-state index in [4.69, 9.17) is 28.4 Å². The van der Waals surface area contributed by atoms with Crippen molar-refractivity contribution < 1.29 is 65.6 Å². The Labute approximate surface area is 256 Å². The largest absolute Gasteiger partial charge is 0.463 e. The van der Waals surface area contributed by atoms with Crippen LogP contribution in [-0.4, -0.2) is 67.1 Å². The van der Waals surface area contributed by atoms with Crippen LogP contribution in [0.2, 0.25) is 0 Å². The van der Waals surface area contributed by atoms with Gasteiger partial charge in [-0.3, -0.25) is 24.0 Å². The second-order valence-electron chi connectivity index (χ2n) is 10.0. The molecule has 1 heterocycles. The van der Waals surface area contributed by atoms with Crippen LogP contribution in [0.25, 0.3) is 0 Å². The van der Waals surface area contributed by atoms with Crippen LogP contribution in [0.4, 0.5) is 13.2 Å². The molecule has 1 aliphatic rings. The highest BCUT2D eigenvalue weighted by Gasteiger charge is 2.53. The quantitative estimate of drug-likeness (QED) is 0.299. The van der Waals surface area contributed by atoms with E-state index in [0.717, 1.165) is 52.0 Å². The third kappa shape index (κ3) is 9.93. The first-order chi connectivity index (χ1) is 21.0. The first kappa shape index (κ1) is 34.8. The van der Waals surface area contributed by atoms with Crippen molar-refractivity contribution in [3.8, 4) is 5.75 Å². The number of esters is 4. The zero-order valence-corrected chi connectivity index (χ0v) is 24.9. The summed E-state index contributed by atoms with van der Waals surface area (Å²) in [6.45, 7) is 5.69. The summed E-state index contributed by atoms with van der Waals surface area (Å²) in [4.78, 5) is 60.0. The Hall–Kier alpha value is -4.66. The van der Waals surface area contributed by atoms with Gasteiger partial charge in [0.05, 0.1) is 11.6 Å². The number of ether oxygens (including phenoxy) is 6. The molecule has 2 aromatic rings. The Kier molecular flexibility index (Phi) is 11.5. The highest BCUT2D eigenvalue weighted by atomic mass is 19.4. The minimum atomic E-state index is -4.53. The summed E-state index contributed by atoms with van der Waals surface area (Å²) < 4.78 is 71.5. The van der Waals surface area contributed by atoms with Crippen molar-refractivity contribution in [2.75, 3.05) is 6.61 Å². The lowest BCUT2D eigenvalue weighted by molar-refractivity contribution is -0.288. The SMILES string of the molecule is CC(=O)OCC1OC(Oc2ccc([C@H](C)NC(=O)c3ccc(C(F)(F)F)cc3)cc2)C(OC(C)=O)C(OC(C)=O)C1OC(C)=O. The van der Waals surface area contributed by atoms with Crippen LogP contribution in [-0.2, 0) is 49.0 Å². The lowest BCUT2D eigenvalue weighted by Crippen LogP contribution is -2.63. The second-order valence-corrected chi connectivity index (χ2v) is 10.0. The number of hydrogen-bond acceptors (Lipinski definition) is 11. The normalized spacial score (nSPS) is 21.9. The standard InChI is InChI=1S/C30H32F3NO11/c1-15(34-28(39)21-6-10-22(11-7-21)30(31,32)33)20-8-12-23(13-9-20)44-29-27(43-19(5)38)26(42-18(4)37)25(41-17(3)36)24(45-29)14-40-16(2)35/h6-13,15,24-27,29H,14H2,1-5H3,(H,34,39)/t15-,24?,25?,26?,27?,29?/m0/s1. The summed E-state index contributed by atoms with van der Waals surface area (Å²) in [5.41, 5.74) is -0.234. The zero-order chi connectivity index (χ0) is 33.5. The van der Waals surface area contributed by atoms with Gasteiger partial charge >= 0.3 is 30.1 Å². The molecule has 6 atom stereocenters. The van der Waals surface area contributed by atoms with Crippen LogP contribution in [0.15, 0.2) is 48.5 Å². The summed E-state index contributed by atoms with van der Waals surface area (Å²) in [5.74, 6) is -3.43. The Balaban J connectivity index is 1.80. The van der Waals surface area contributed by atoms with Gasteiger partial charge < -0.3 is 33.7 Å². The van der Waals surface area contributed by atoms with E-state index in [1.54, 1.807) is 19.1 Å². The van der Waals surface area contributed by atoms with Crippen molar-refractivity contribution in [2.24, 2.45) is 0 Å². The van der Waals surface area contributed by atoms with Gasteiger partial charge in [0.15, 0.2) is 12.2 Å². The molecule has 0 aromatic heterocycles. The molecule has 0 saturated carbocycles. The van der Waals surface area contributed by atoms with E-state index in [9.17, 15) is 37.1 Å². The molecule has 2 aromatic carbocycles. The van der Waals surface area contributed by atoms with Crippen molar-refractivity contribution in [1.29, 1.82) is 0 Å². The van der Waals surface area contributed by atoms with Crippen LogP contribution < -0.4 is 10.1 Å². The smallest absolute Gasteiger partial charge is 0.416 e. The number of amides is 1. The fourth-order valence-electron chi connectivity index (χ4n) is 4.43. The lowest BCUT2D eigenvalue weighted by Gasteiger charge is -2.43. The third-order valence-electron chi connectivity index (χ3n) is 6.40. The summed E-state index contributed by atoms with van der Waals surface area (Å²) in [6, 6.07) is 9.42. The predicted molar refractivity (Wildman–Crippen MR) is 146 cm³/mol. The van der Waals surface area contributed by atoms with Crippen molar-refractivity contribution in [1.82, 2.24) is 5.32 Å². The number of halogens is 3. The highest BCUT2D eigenvalue weighted by molar-refractivity contribution is 5.94. The molecular formula is C30H32F3NO11. The van der Waals surface area contributed by atoms with E-state index < -0.39 is 84.9 Å². The molecular weight excluding hydrogens is 607 g/mol. The maximum absolute atomic E-state index is 12.8. The van der Waals surface area contributed by atoms with Crippen molar-refractivity contribution in [2.45, 2.75) is 77.5 Å². The molecule has 1 N–H and O–H groups in total. The Morgan fingerprint density at radius 1 is 0.778 bits per heavy atom. The number of alkyl halides is 3. The minimum absolute atomic E-state index is 0.0402. The molecule has 12 nitrogen and oxygen atoms in total. The molecule has 0 bridgehead atoms. The average molecular weight is 640 g/mol. The molecule has 0 spiro atoms. The van der Waals surface area contributed by atoms with Crippen LogP contribution in [0.5, 0.6) is 5.75 Å². The van der Waals surface area contributed by atoms with Gasteiger partial charge in [-0.2, -0.15) is 13.2 Å². The van der Waals surface area contributed by atoms with Gasteiger partial charge in [-0.1, -0.05) is 12.1 Å². The molecule has 45 heavy (non-hydrogen) atoms. The fraction of sp³-hybridized carbons (Fsp3) is 0.433. The van der Waals surface area contributed by atoms with E-state index in [1.807, 2.05) is 0 Å². The lowest BCUT2D eigenvalue weighted by atomic mass is 9.98. The van der Waals surface area contributed by atoms with Crippen molar-refractivity contribution in [3.05, 3.63) is 65.2 Å². The maximum atomic E-state index is 12.8. The molecule has 3 rings (SSSR count). The van der Waals surface area contributed by atoms with Crippen LogP contribution in [0.1, 0.15) is 62.1 Å². The Morgan fingerprint density at radius 3 is 1.82 bits per heavy atom. The molecule has 1 fully saturated rings. The summed E-state index contributed by atoms with van der Waals surface area (Å²) in [5, 5.41) is 2.70. The van der Waals surface area contributed by atoms with Gasteiger partial charge in [0.1, 0.15) is 18.5 Å². The van der Waals surface area contributed by atoms with Crippen LogP contribution in [0.3, 0.4) is 0 Å². The first-order valence-electron chi connectivity index (χ1n) is 13.6. The number of benzene rings is 2. The van der Waals surface area contributed by atoms with Crippen LogP contribution in [0, 0.1) is 0 Å². The van der Waals surface area contributed by atoms with E-state index >= 15 is 0 Å². The summed E-state index contributed by atoms with van der Waals surface area (Å²) in [7, 11) is 0. The second kappa shape index (κ2) is 14.9. The number of nitrogens with one attached hydrogen (secondary N) is 1. The molecule has 15 heteroatoms. The van der Waals surface area contributed by atoms with E-state index in [0.29, 0.717) is 5.56 Å². The molecule has 0 aliphatic carbocycles. The highest BCUT2D eigenvalue weighted by Crippen LogP contribution is 2.32.